The van der Waals surface area contributed by atoms with Gasteiger partial charge in [-0.15, -0.1) is 11.3 Å². The zero-order chi connectivity index (χ0) is 11.4. The lowest BCUT2D eigenvalue weighted by Crippen LogP contribution is -2.49. The van der Waals surface area contributed by atoms with Gasteiger partial charge in [-0.25, -0.2) is 4.98 Å². The van der Waals surface area contributed by atoms with Crippen molar-refractivity contribution < 1.29 is 0 Å². The van der Waals surface area contributed by atoms with Crippen LogP contribution in [0.1, 0.15) is 43.3 Å². The van der Waals surface area contributed by atoms with Crippen LogP contribution in [0.25, 0.3) is 0 Å². The predicted octanol–water partition coefficient (Wildman–Crippen LogP) is 2.07. The molecule has 1 aliphatic rings. The SMILES string of the molecule is CCC1(NCc2csc(CCN)n2)CCC1. The quantitative estimate of drug-likeness (QED) is 0.799. The second kappa shape index (κ2) is 5.25. The van der Waals surface area contributed by atoms with Gasteiger partial charge in [-0.2, -0.15) is 0 Å². The van der Waals surface area contributed by atoms with Crippen molar-refractivity contribution in [2.45, 2.75) is 51.1 Å². The van der Waals surface area contributed by atoms with Gasteiger partial charge in [-0.3, -0.25) is 0 Å². The first-order chi connectivity index (χ1) is 7.78. The molecular formula is C12H21N3S. The molecule has 1 heterocycles. The van der Waals surface area contributed by atoms with Gasteiger partial charge < -0.3 is 11.1 Å². The summed E-state index contributed by atoms with van der Waals surface area (Å²) in [5.74, 6) is 0. The van der Waals surface area contributed by atoms with E-state index in [2.05, 4.69) is 22.6 Å². The largest absolute Gasteiger partial charge is 0.330 e. The molecule has 2 rings (SSSR count). The molecule has 1 aromatic rings. The average molecular weight is 239 g/mol. The summed E-state index contributed by atoms with van der Waals surface area (Å²) in [4.78, 5) is 4.57. The smallest absolute Gasteiger partial charge is 0.0941 e. The molecule has 0 aromatic carbocycles. The van der Waals surface area contributed by atoms with Crippen molar-refractivity contribution in [1.29, 1.82) is 0 Å². The maximum Gasteiger partial charge on any atom is 0.0941 e. The first kappa shape index (κ1) is 12.0. The predicted molar refractivity (Wildman–Crippen MR) is 68.6 cm³/mol. The van der Waals surface area contributed by atoms with Crippen LogP contribution in [0.3, 0.4) is 0 Å². The molecule has 90 valence electrons. The Morgan fingerprint density at radius 3 is 2.94 bits per heavy atom. The fourth-order valence-corrected chi connectivity index (χ4v) is 3.02. The maximum absolute atomic E-state index is 5.52. The summed E-state index contributed by atoms with van der Waals surface area (Å²) in [6, 6.07) is 0. The van der Waals surface area contributed by atoms with Crippen LogP contribution in [0.4, 0.5) is 0 Å². The van der Waals surface area contributed by atoms with E-state index in [0.717, 1.165) is 13.0 Å². The van der Waals surface area contributed by atoms with Gasteiger partial charge in [0.1, 0.15) is 0 Å². The molecule has 0 spiro atoms. The normalized spacial score (nSPS) is 18.4. The molecule has 1 aliphatic carbocycles. The number of thiazole rings is 1. The topological polar surface area (TPSA) is 50.9 Å². The number of nitrogens with zero attached hydrogens (tertiary/aromatic N) is 1. The van der Waals surface area contributed by atoms with E-state index in [-0.39, 0.29) is 0 Å². The average Bonchev–Trinajstić information content (AvgIpc) is 2.66. The summed E-state index contributed by atoms with van der Waals surface area (Å²) < 4.78 is 0. The third kappa shape index (κ3) is 2.62. The molecule has 3 nitrogen and oxygen atoms in total. The molecule has 0 amide bonds. The van der Waals surface area contributed by atoms with Crippen molar-refractivity contribution in [1.82, 2.24) is 10.3 Å². The van der Waals surface area contributed by atoms with Crippen molar-refractivity contribution in [2.75, 3.05) is 6.54 Å². The summed E-state index contributed by atoms with van der Waals surface area (Å²) >= 11 is 1.73. The second-order valence-electron chi connectivity index (χ2n) is 4.61. The van der Waals surface area contributed by atoms with E-state index in [4.69, 9.17) is 5.73 Å². The number of aromatic nitrogens is 1. The molecule has 16 heavy (non-hydrogen) atoms. The summed E-state index contributed by atoms with van der Waals surface area (Å²) in [6.07, 6.45) is 6.15. The standard InChI is InChI=1S/C12H21N3S/c1-2-12(5-3-6-12)14-8-10-9-16-11(15-10)4-7-13/h9,14H,2-8,13H2,1H3. The third-order valence-corrected chi connectivity index (χ3v) is 4.55. The Hall–Kier alpha value is -0.450. The summed E-state index contributed by atoms with van der Waals surface area (Å²) in [5, 5.41) is 6.98. The summed E-state index contributed by atoms with van der Waals surface area (Å²) in [5.41, 5.74) is 7.10. The molecule has 0 bridgehead atoms. The Morgan fingerprint density at radius 1 is 1.56 bits per heavy atom. The molecule has 3 N–H and O–H groups in total. The van der Waals surface area contributed by atoms with Gasteiger partial charge >= 0.3 is 0 Å². The molecule has 0 radical (unpaired) electrons. The monoisotopic (exact) mass is 239 g/mol. The lowest BCUT2D eigenvalue weighted by atomic mass is 9.75. The van der Waals surface area contributed by atoms with Crippen LogP contribution in [-0.2, 0) is 13.0 Å². The Balaban J connectivity index is 1.84. The van der Waals surface area contributed by atoms with E-state index in [9.17, 15) is 0 Å². The number of hydrogen-bond donors (Lipinski definition) is 2. The zero-order valence-corrected chi connectivity index (χ0v) is 10.8. The number of nitrogens with two attached hydrogens (primary N) is 1. The fourth-order valence-electron chi connectivity index (χ4n) is 2.21. The van der Waals surface area contributed by atoms with Gasteiger partial charge in [0.15, 0.2) is 0 Å². The van der Waals surface area contributed by atoms with Gasteiger partial charge in [-0.1, -0.05) is 6.92 Å². The van der Waals surface area contributed by atoms with Crippen LogP contribution in [0, 0.1) is 0 Å². The number of rotatable bonds is 6. The molecule has 0 aliphatic heterocycles. The summed E-state index contributed by atoms with van der Waals surface area (Å²) in [7, 11) is 0. The van der Waals surface area contributed by atoms with Gasteiger partial charge in [0.25, 0.3) is 0 Å². The van der Waals surface area contributed by atoms with Gasteiger partial charge in [0.2, 0.25) is 0 Å². The molecule has 1 saturated carbocycles. The number of hydrogen-bond acceptors (Lipinski definition) is 4. The minimum atomic E-state index is 0.414. The highest BCUT2D eigenvalue weighted by molar-refractivity contribution is 7.09. The fraction of sp³-hybridized carbons (Fsp3) is 0.750. The van der Waals surface area contributed by atoms with Crippen LogP contribution < -0.4 is 11.1 Å². The summed E-state index contributed by atoms with van der Waals surface area (Å²) in [6.45, 7) is 3.88. The minimum Gasteiger partial charge on any atom is -0.330 e. The molecule has 0 saturated heterocycles. The molecule has 0 unspecified atom stereocenters. The lowest BCUT2D eigenvalue weighted by Gasteiger charge is -2.42. The van der Waals surface area contributed by atoms with Gasteiger partial charge in [0, 0.05) is 23.9 Å². The van der Waals surface area contributed by atoms with E-state index in [1.807, 2.05) is 0 Å². The highest BCUT2D eigenvalue weighted by atomic mass is 32.1. The van der Waals surface area contributed by atoms with Crippen LogP contribution in [0.15, 0.2) is 5.38 Å². The van der Waals surface area contributed by atoms with E-state index in [0.29, 0.717) is 12.1 Å². The van der Waals surface area contributed by atoms with Crippen LogP contribution in [0.5, 0.6) is 0 Å². The van der Waals surface area contributed by atoms with Crippen molar-refractivity contribution in [2.24, 2.45) is 5.73 Å². The van der Waals surface area contributed by atoms with Crippen molar-refractivity contribution in [3.05, 3.63) is 16.1 Å². The molecule has 0 atom stereocenters. The zero-order valence-electron chi connectivity index (χ0n) is 9.96. The Kier molecular flexibility index (Phi) is 3.95. The molecular weight excluding hydrogens is 218 g/mol. The first-order valence-electron chi connectivity index (χ1n) is 6.16. The van der Waals surface area contributed by atoms with E-state index in [1.165, 1.54) is 36.4 Å². The second-order valence-corrected chi connectivity index (χ2v) is 5.55. The Morgan fingerprint density at radius 2 is 2.38 bits per heavy atom. The third-order valence-electron chi connectivity index (χ3n) is 3.59. The van der Waals surface area contributed by atoms with E-state index >= 15 is 0 Å². The van der Waals surface area contributed by atoms with Gasteiger partial charge in [-0.05, 0) is 32.2 Å². The van der Waals surface area contributed by atoms with Crippen LogP contribution in [-0.4, -0.2) is 17.1 Å². The van der Waals surface area contributed by atoms with E-state index in [1.54, 1.807) is 11.3 Å². The van der Waals surface area contributed by atoms with Crippen LogP contribution in [0.2, 0.25) is 0 Å². The Bertz CT molecular complexity index is 325. The Labute approximate surface area is 101 Å². The highest BCUT2D eigenvalue weighted by Crippen LogP contribution is 2.34. The highest BCUT2D eigenvalue weighted by Gasteiger charge is 2.34. The molecule has 1 fully saturated rings. The maximum atomic E-state index is 5.52. The van der Waals surface area contributed by atoms with E-state index < -0.39 is 0 Å². The van der Waals surface area contributed by atoms with Crippen molar-refractivity contribution in [3.63, 3.8) is 0 Å². The van der Waals surface area contributed by atoms with Crippen molar-refractivity contribution in [3.8, 4) is 0 Å². The molecule has 1 aromatic heterocycles. The molecule has 4 heteroatoms. The van der Waals surface area contributed by atoms with Crippen molar-refractivity contribution >= 4 is 11.3 Å². The number of nitrogens with one attached hydrogen (secondary N) is 1. The van der Waals surface area contributed by atoms with Gasteiger partial charge in [0.05, 0.1) is 10.7 Å². The minimum absolute atomic E-state index is 0.414. The first-order valence-corrected chi connectivity index (χ1v) is 7.04. The lowest BCUT2D eigenvalue weighted by molar-refractivity contribution is 0.175. The van der Waals surface area contributed by atoms with Crippen LogP contribution >= 0.6 is 11.3 Å².